The van der Waals surface area contributed by atoms with Gasteiger partial charge in [-0.2, -0.15) is 0 Å². The third kappa shape index (κ3) is 3.15. The predicted molar refractivity (Wildman–Crippen MR) is 89.2 cm³/mol. The first kappa shape index (κ1) is 16.5. The molecular weight excluding hydrogens is 312 g/mol. The smallest absolute Gasteiger partial charge is 0.255 e. The van der Waals surface area contributed by atoms with E-state index in [0.717, 1.165) is 25.9 Å². The molecule has 5 nitrogen and oxygen atoms in total. The number of amides is 1. The Hall–Kier alpha value is -1.40. The topological polar surface area (TPSA) is 66.5 Å². The average Bonchev–Trinajstić information content (AvgIpc) is 3.03. The molecule has 2 aliphatic rings. The van der Waals surface area contributed by atoms with E-state index >= 15 is 0 Å². The fourth-order valence-corrected chi connectivity index (χ4v) is 4.73. The minimum absolute atomic E-state index is 0.00603. The normalized spacial score (nSPS) is 20.8. The van der Waals surface area contributed by atoms with Crippen molar-refractivity contribution >= 4 is 15.7 Å². The van der Waals surface area contributed by atoms with Gasteiger partial charge in [0.25, 0.3) is 5.91 Å². The molecule has 1 aromatic carbocycles. The van der Waals surface area contributed by atoms with Gasteiger partial charge in [-0.3, -0.25) is 4.79 Å². The third-order valence-corrected chi connectivity index (χ3v) is 7.06. The molecule has 0 radical (unpaired) electrons. The lowest BCUT2D eigenvalue weighted by Crippen LogP contribution is -2.44. The summed E-state index contributed by atoms with van der Waals surface area (Å²) in [6, 6.07) is 6.58. The summed E-state index contributed by atoms with van der Waals surface area (Å²) in [6.07, 6.45) is 3.17. The van der Waals surface area contributed by atoms with Crippen molar-refractivity contribution < 1.29 is 13.2 Å². The van der Waals surface area contributed by atoms with Crippen LogP contribution in [0.25, 0.3) is 0 Å². The highest BCUT2D eigenvalue weighted by molar-refractivity contribution is 7.91. The van der Waals surface area contributed by atoms with E-state index in [1.54, 1.807) is 31.2 Å². The molecule has 6 heteroatoms. The molecule has 0 bridgehead atoms. The van der Waals surface area contributed by atoms with Gasteiger partial charge in [-0.1, -0.05) is 19.1 Å². The number of likely N-dealkylation sites (tertiary alicyclic amines) is 1. The van der Waals surface area contributed by atoms with E-state index in [1.807, 2.05) is 4.90 Å². The van der Waals surface area contributed by atoms with Crippen LogP contribution < -0.4 is 5.32 Å². The summed E-state index contributed by atoms with van der Waals surface area (Å²) < 4.78 is 24.5. The number of rotatable bonds is 3. The zero-order valence-corrected chi connectivity index (χ0v) is 14.4. The minimum atomic E-state index is -3.39. The van der Waals surface area contributed by atoms with Gasteiger partial charge in [0.1, 0.15) is 0 Å². The van der Waals surface area contributed by atoms with Crippen LogP contribution in [0, 0.1) is 5.41 Å². The summed E-state index contributed by atoms with van der Waals surface area (Å²) >= 11 is 0. The molecule has 2 aliphatic heterocycles. The van der Waals surface area contributed by atoms with Gasteiger partial charge in [-0.05, 0) is 43.4 Å². The molecule has 1 N–H and O–H groups in total. The maximum Gasteiger partial charge on any atom is 0.255 e. The molecule has 1 aromatic rings. The Morgan fingerprint density at radius 2 is 1.91 bits per heavy atom. The first-order valence-electron chi connectivity index (χ1n) is 8.29. The van der Waals surface area contributed by atoms with Crippen LogP contribution in [0.5, 0.6) is 0 Å². The molecule has 0 unspecified atom stereocenters. The first-order chi connectivity index (χ1) is 11.0. The van der Waals surface area contributed by atoms with Gasteiger partial charge in [-0.15, -0.1) is 0 Å². The van der Waals surface area contributed by atoms with Crippen LogP contribution in [0.15, 0.2) is 29.2 Å². The molecule has 1 spiro atoms. The highest BCUT2D eigenvalue weighted by Crippen LogP contribution is 2.37. The molecular formula is C17H24N2O3S. The number of benzene rings is 1. The summed E-state index contributed by atoms with van der Waals surface area (Å²) in [5.41, 5.74) is 0.654. The maximum absolute atomic E-state index is 12.8. The number of nitrogens with zero attached hydrogens (tertiary/aromatic N) is 1. The molecule has 2 heterocycles. The Labute approximate surface area is 138 Å². The largest absolute Gasteiger partial charge is 0.339 e. The SMILES string of the molecule is CCS(=O)(=O)c1ccccc1C(=O)N1CCC2(CCNC2)CC1. The average molecular weight is 336 g/mol. The maximum atomic E-state index is 12.8. The summed E-state index contributed by atoms with van der Waals surface area (Å²) in [5.74, 6) is -0.148. The Kier molecular flexibility index (Phi) is 4.47. The number of piperidine rings is 1. The second-order valence-corrected chi connectivity index (χ2v) is 8.87. The molecule has 2 fully saturated rings. The second kappa shape index (κ2) is 6.24. The number of sulfone groups is 1. The van der Waals surface area contributed by atoms with E-state index < -0.39 is 9.84 Å². The van der Waals surface area contributed by atoms with Crippen molar-refractivity contribution in [1.29, 1.82) is 0 Å². The lowest BCUT2D eigenvalue weighted by atomic mass is 9.78. The molecule has 0 aromatic heterocycles. The number of hydrogen-bond acceptors (Lipinski definition) is 4. The number of carbonyl (C=O) groups is 1. The van der Waals surface area contributed by atoms with Crippen molar-refractivity contribution in [3.05, 3.63) is 29.8 Å². The van der Waals surface area contributed by atoms with Crippen molar-refractivity contribution in [2.75, 3.05) is 31.9 Å². The van der Waals surface area contributed by atoms with Crippen molar-refractivity contribution in [3.8, 4) is 0 Å². The van der Waals surface area contributed by atoms with Crippen LogP contribution in [0.2, 0.25) is 0 Å². The Morgan fingerprint density at radius 3 is 2.52 bits per heavy atom. The van der Waals surface area contributed by atoms with E-state index in [0.29, 0.717) is 24.1 Å². The fraction of sp³-hybridized carbons (Fsp3) is 0.588. The molecule has 126 valence electrons. The highest BCUT2D eigenvalue weighted by Gasteiger charge is 2.38. The predicted octanol–water partition coefficient (Wildman–Crippen LogP) is 1.70. The minimum Gasteiger partial charge on any atom is -0.339 e. The Balaban J connectivity index is 1.80. The fourth-order valence-electron chi connectivity index (χ4n) is 3.65. The molecule has 2 saturated heterocycles. The molecule has 0 atom stereocenters. The van der Waals surface area contributed by atoms with Gasteiger partial charge in [0.05, 0.1) is 16.2 Å². The summed E-state index contributed by atoms with van der Waals surface area (Å²) in [4.78, 5) is 14.8. The van der Waals surface area contributed by atoms with E-state index in [-0.39, 0.29) is 16.6 Å². The monoisotopic (exact) mass is 336 g/mol. The van der Waals surface area contributed by atoms with Gasteiger partial charge < -0.3 is 10.2 Å². The highest BCUT2D eigenvalue weighted by atomic mass is 32.2. The van der Waals surface area contributed by atoms with Crippen molar-refractivity contribution in [2.24, 2.45) is 5.41 Å². The molecule has 3 rings (SSSR count). The van der Waals surface area contributed by atoms with Gasteiger partial charge in [0, 0.05) is 19.6 Å². The number of carbonyl (C=O) groups excluding carboxylic acids is 1. The first-order valence-corrected chi connectivity index (χ1v) is 9.94. The lowest BCUT2D eigenvalue weighted by Gasteiger charge is -2.39. The van der Waals surface area contributed by atoms with Crippen LogP contribution in [-0.4, -0.2) is 51.2 Å². The van der Waals surface area contributed by atoms with Crippen LogP contribution in [0.3, 0.4) is 0 Å². The van der Waals surface area contributed by atoms with Crippen LogP contribution in [0.1, 0.15) is 36.5 Å². The second-order valence-electron chi connectivity index (χ2n) is 6.62. The summed E-state index contributed by atoms with van der Waals surface area (Å²) in [5, 5.41) is 3.41. The van der Waals surface area contributed by atoms with Crippen LogP contribution in [-0.2, 0) is 9.84 Å². The van der Waals surface area contributed by atoms with E-state index in [2.05, 4.69) is 5.32 Å². The van der Waals surface area contributed by atoms with E-state index in [4.69, 9.17) is 0 Å². The number of hydrogen-bond donors (Lipinski definition) is 1. The van der Waals surface area contributed by atoms with Gasteiger partial charge in [-0.25, -0.2) is 8.42 Å². The van der Waals surface area contributed by atoms with Crippen LogP contribution >= 0.6 is 0 Å². The van der Waals surface area contributed by atoms with Crippen molar-refractivity contribution in [3.63, 3.8) is 0 Å². The molecule has 1 amide bonds. The van der Waals surface area contributed by atoms with Gasteiger partial charge in [0.2, 0.25) is 0 Å². The van der Waals surface area contributed by atoms with Gasteiger partial charge >= 0.3 is 0 Å². The molecule has 0 saturated carbocycles. The standard InChI is InChI=1S/C17H24N2O3S/c1-2-23(21,22)15-6-4-3-5-14(15)16(20)19-11-8-17(9-12-19)7-10-18-13-17/h3-6,18H,2,7-13H2,1H3. The Morgan fingerprint density at radius 1 is 1.22 bits per heavy atom. The van der Waals surface area contributed by atoms with E-state index in [1.165, 1.54) is 6.42 Å². The molecule has 23 heavy (non-hydrogen) atoms. The quantitative estimate of drug-likeness (QED) is 0.912. The molecule has 0 aliphatic carbocycles. The van der Waals surface area contributed by atoms with E-state index in [9.17, 15) is 13.2 Å². The third-order valence-electron chi connectivity index (χ3n) is 5.28. The van der Waals surface area contributed by atoms with Crippen molar-refractivity contribution in [2.45, 2.75) is 31.1 Å². The number of nitrogens with one attached hydrogen (secondary N) is 1. The Bertz CT molecular complexity index is 684. The lowest BCUT2D eigenvalue weighted by molar-refractivity contribution is 0.0604. The van der Waals surface area contributed by atoms with Gasteiger partial charge in [0.15, 0.2) is 9.84 Å². The zero-order valence-electron chi connectivity index (χ0n) is 13.5. The van der Waals surface area contributed by atoms with Crippen molar-refractivity contribution in [1.82, 2.24) is 10.2 Å². The zero-order chi connectivity index (χ0) is 16.5. The summed E-state index contributed by atoms with van der Waals surface area (Å²) in [6.45, 7) is 5.12. The summed E-state index contributed by atoms with van der Waals surface area (Å²) in [7, 11) is -3.39. The van der Waals surface area contributed by atoms with Crippen LogP contribution in [0.4, 0.5) is 0 Å².